The Kier molecular flexibility index (Phi) is 6.40. The number of ether oxygens (including phenoxy) is 1. The molecule has 1 amide bonds. The normalized spacial score (nSPS) is 17.1. The van der Waals surface area contributed by atoms with E-state index in [-0.39, 0.29) is 23.4 Å². The first kappa shape index (κ1) is 22.7. The maximum atomic E-state index is 13.1. The molecule has 1 atom stereocenters. The number of ketones is 1. The van der Waals surface area contributed by atoms with Gasteiger partial charge in [-0.25, -0.2) is 0 Å². The first-order valence-electron chi connectivity index (χ1n) is 10.7. The van der Waals surface area contributed by atoms with Crippen molar-refractivity contribution < 1.29 is 24.4 Å². The lowest BCUT2D eigenvalue weighted by Gasteiger charge is -2.25. The number of non-ortho nitro benzene ring substituents is 1. The third-order valence-corrected chi connectivity index (χ3v) is 5.57. The Morgan fingerprint density at radius 3 is 2.38 bits per heavy atom. The van der Waals surface area contributed by atoms with Crippen molar-refractivity contribution in [2.75, 3.05) is 6.61 Å². The van der Waals surface area contributed by atoms with Gasteiger partial charge in [0.1, 0.15) is 11.5 Å². The molecule has 0 radical (unpaired) electrons. The number of nitrogens with zero attached hydrogens (tertiary/aromatic N) is 2. The zero-order valence-electron chi connectivity index (χ0n) is 18.4. The molecule has 1 N–H and O–H groups in total. The molecular formula is C26H22N2O6. The minimum atomic E-state index is -0.855. The topological polar surface area (TPSA) is 110 Å². The molecule has 34 heavy (non-hydrogen) atoms. The van der Waals surface area contributed by atoms with Crippen LogP contribution in [0.5, 0.6) is 5.75 Å². The van der Waals surface area contributed by atoms with Crippen molar-refractivity contribution in [3.05, 3.63) is 111 Å². The van der Waals surface area contributed by atoms with E-state index in [0.717, 1.165) is 5.56 Å². The molecule has 172 valence electrons. The summed E-state index contributed by atoms with van der Waals surface area (Å²) in [6, 6.07) is 20.6. The smallest absolute Gasteiger partial charge is 0.295 e. The average Bonchev–Trinajstić information content (AvgIpc) is 3.10. The number of aliphatic hydroxyl groups is 1. The molecule has 1 fully saturated rings. The number of Topliss-reactive ketones (excluding diaryl/α,β-unsaturated/α-hetero) is 1. The zero-order chi connectivity index (χ0) is 24.2. The summed E-state index contributed by atoms with van der Waals surface area (Å²) in [5, 5.41) is 22.3. The molecular weight excluding hydrogens is 436 g/mol. The largest absolute Gasteiger partial charge is 0.507 e. The van der Waals surface area contributed by atoms with Gasteiger partial charge in [-0.15, -0.1) is 0 Å². The quantitative estimate of drug-likeness (QED) is 0.182. The first-order valence-corrected chi connectivity index (χ1v) is 10.7. The van der Waals surface area contributed by atoms with Crippen LogP contribution in [0, 0.1) is 10.1 Å². The van der Waals surface area contributed by atoms with Gasteiger partial charge in [0.25, 0.3) is 17.4 Å². The van der Waals surface area contributed by atoms with Crippen molar-refractivity contribution in [3.63, 3.8) is 0 Å². The average molecular weight is 458 g/mol. The minimum Gasteiger partial charge on any atom is -0.507 e. The second-order valence-corrected chi connectivity index (χ2v) is 7.72. The van der Waals surface area contributed by atoms with E-state index in [0.29, 0.717) is 17.9 Å². The maximum absolute atomic E-state index is 13.1. The number of nitro benzene ring substituents is 1. The first-order chi connectivity index (χ1) is 16.4. The van der Waals surface area contributed by atoms with Crippen LogP contribution in [0.1, 0.15) is 29.7 Å². The molecule has 1 aliphatic heterocycles. The molecule has 3 aromatic carbocycles. The van der Waals surface area contributed by atoms with Gasteiger partial charge in [-0.2, -0.15) is 0 Å². The summed E-state index contributed by atoms with van der Waals surface area (Å²) in [5.74, 6) is -1.36. The van der Waals surface area contributed by atoms with Crippen LogP contribution in [0.3, 0.4) is 0 Å². The molecule has 0 bridgehead atoms. The van der Waals surface area contributed by atoms with E-state index in [4.69, 9.17) is 4.74 Å². The SMILES string of the molecule is CCOc1ccc(CN2C(=O)C(=O)/C(=C(\O)c3cccc([N+](=O)[O-])c3)C2c2ccccc2)cc1. The van der Waals surface area contributed by atoms with Crippen LogP contribution in [-0.2, 0) is 16.1 Å². The van der Waals surface area contributed by atoms with Crippen molar-refractivity contribution in [1.29, 1.82) is 0 Å². The summed E-state index contributed by atoms with van der Waals surface area (Å²) in [6.45, 7) is 2.54. The van der Waals surface area contributed by atoms with Gasteiger partial charge in [0, 0.05) is 24.2 Å². The lowest BCUT2D eigenvalue weighted by molar-refractivity contribution is -0.384. The zero-order valence-corrected chi connectivity index (χ0v) is 18.4. The van der Waals surface area contributed by atoms with Crippen molar-refractivity contribution in [2.45, 2.75) is 19.5 Å². The van der Waals surface area contributed by atoms with Gasteiger partial charge in [-0.05, 0) is 30.2 Å². The summed E-state index contributed by atoms with van der Waals surface area (Å²) in [5.41, 5.74) is 1.17. The van der Waals surface area contributed by atoms with Gasteiger partial charge in [-0.1, -0.05) is 54.6 Å². The Morgan fingerprint density at radius 1 is 1.03 bits per heavy atom. The number of benzene rings is 3. The highest BCUT2D eigenvalue weighted by Crippen LogP contribution is 2.40. The number of nitro groups is 1. The summed E-state index contributed by atoms with van der Waals surface area (Å²) < 4.78 is 5.46. The molecule has 0 spiro atoms. The van der Waals surface area contributed by atoms with Gasteiger partial charge in [0.15, 0.2) is 0 Å². The number of amides is 1. The van der Waals surface area contributed by atoms with Crippen LogP contribution in [-0.4, -0.2) is 33.2 Å². The highest BCUT2D eigenvalue weighted by molar-refractivity contribution is 6.46. The molecule has 1 aliphatic rings. The second kappa shape index (κ2) is 9.58. The Labute approximate surface area is 195 Å². The number of carbonyl (C=O) groups excluding carboxylic acids is 2. The van der Waals surface area contributed by atoms with Gasteiger partial charge in [-0.3, -0.25) is 19.7 Å². The van der Waals surface area contributed by atoms with E-state index in [1.54, 1.807) is 36.4 Å². The summed E-state index contributed by atoms with van der Waals surface area (Å²) >= 11 is 0. The van der Waals surface area contributed by atoms with E-state index < -0.39 is 28.4 Å². The standard InChI is InChI=1S/C26H22N2O6/c1-2-34-21-13-11-17(12-14-21)16-27-23(18-7-4-3-5-8-18)22(25(30)26(27)31)24(29)19-9-6-10-20(15-19)28(32)33/h3-15,23,29H,2,16H2,1H3/b24-22-. The fourth-order valence-electron chi connectivity index (χ4n) is 4.00. The molecule has 1 unspecified atom stereocenters. The fourth-order valence-corrected chi connectivity index (χ4v) is 4.00. The monoisotopic (exact) mass is 458 g/mol. The summed E-state index contributed by atoms with van der Waals surface area (Å²) in [7, 11) is 0. The van der Waals surface area contributed by atoms with Crippen LogP contribution in [0.15, 0.2) is 84.4 Å². The third-order valence-electron chi connectivity index (χ3n) is 5.57. The van der Waals surface area contributed by atoms with Gasteiger partial charge in [0.05, 0.1) is 23.1 Å². The number of rotatable bonds is 7. The molecule has 1 saturated heterocycles. The van der Waals surface area contributed by atoms with Gasteiger partial charge in [0.2, 0.25) is 0 Å². The molecule has 1 heterocycles. The number of carbonyl (C=O) groups is 2. The third kappa shape index (κ3) is 4.38. The number of likely N-dealkylation sites (tertiary alicyclic amines) is 1. The summed E-state index contributed by atoms with van der Waals surface area (Å²) in [4.78, 5) is 38.2. The van der Waals surface area contributed by atoms with Crippen molar-refractivity contribution in [2.24, 2.45) is 0 Å². The van der Waals surface area contributed by atoms with Crippen LogP contribution < -0.4 is 4.74 Å². The molecule has 8 heteroatoms. The van der Waals surface area contributed by atoms with Crippen molar-refractivity contribution >= 4 is 23.1 Å². The van der Waals surface area contributed by atoms with Crippen LogP contribution >= 0.6 is 0 Å². The Bertz CT molecular complexity index is 1270. The van der Waals surface area contributed by atoms with Crippen LogP contribution in [0.2, 0.25) is 0 Å². The van der Waals surface area contributed by atoms with E-state index >= 15 is 0 Å². The number of hydrogen-bond acceptors (Lipinski definition) is 6. The predicted molar refractivity (Wildman–Crippen MR) is 125 cm³/mol. The van der Waals surface area contributed by atoms with Crippen LogP contribution in [0.25, 0.3) is 5.76 Å². The number of aliphatic hydroxyl groups excluding tert-OH is 1. The van der Waals surface area contributed by atoms with E-state index in [1.807, 2.05) is 25.1 Å². The fraction of sp³-hybridized carbons (Fsp3) is 0.154. The Balaban J connectivity index is 1.79. The minimum absolute atomic E-state index is 0.0919. The van der Waals surface area contributed by atoms with Gasteiger partial charge >= 0.3 is 0 Å². The molecule has 0 aliphatic carbocycles. The Morgan fingerprint density at radius 2 is 1.74 bits per heavy atom. The Hall–Kier alpha value is -4.46. The highest BCUT2D eigenvalue weighted by atomic mass is 16.6. The van der Waals surface area contributed by atoms with E-state index in [1.165, 1.54) is 29.2 Å². The molecule has 4 rings (SSSR count). The highest BCUT2D eigenvalue weighted by Gasteiger charge is 2.46. The second-order valence-electron chi connectivity index (χ2n) is 7.72. The van der Waals surface area contributed by atoms with E-state index in [9.17, 15) is 24.8 Å². The molecule has 3 aromatic rings. The van der Waals surface area contributed by atoms with Crippen molar-refractivity contribution in [3.8, 4) is 5.75 Å². The van der Waals surface area contributed by atoms with E-state index in [2.05, 4.69) is 0 Å². The van der Waals surface area contributed by atoms with Gasteiger partial charge < -0.3 is 14.7 Å². The maximum Gasteiger partial charge on any atom is 0.295 e. The molecule has 8 nitrogen and oxygen atoms in total. The van der Waals surface area contributed by atoms with Crippen molar-refractivity contribution in [1.82, 2.24) is 4.90 Å². The predicted octanol–water partition coefficient (Wildman–Crippen LogP) is 4.62. The lowest BCUT2D eigenvalue weighted by Crippen LogP contribution is -2.29. The summed E-state index contributed by atoms with van der Waals surface area (Å²) in [6.07, 6.45) is 0. The van der Waals surface area contributed by atoms with Crippen LogP contribution in [0.4, 0.5) is 5.69 Å². The number of hydrogen-bond donors (Lipinski definition) is 1. The molecule has 0 aromatic heterocycles. The lowest BCUT2D eigenvalue weighted by atomic mass is 9.95. The molecule has 0 saturated carbocycles.